The van der Waals surface area contributed by atoms with E-state index < -0.39 is 22.5 Å². The first kappa shape index (κ1) is 15.5. The molecule has 1 rings (SSSR count). The maximum absolute atomic E-state index is 12.9. The average Bonchev–Trinajstić information content (AvgIpc) is 2.31. The fraction of sp³-hybridized carbons (Fsp3) is 0.833. The lowest BCUT2D eigenvalue weighted by Gasteiger charge is -2.28. The zero-order valence-corrected chi connectivity index (χ0v) is 11.8. The van der Waals surface area contributed by atoms with Gasteiger partial charge in [0.15, 0.2) is 0 Å². The predicted octanol–water partition coefficient (Wildman–Crippen LogP) is 3.10. The van der Waals surface area contributed by atoms with E-state index in [-0.39, 0.29) is 25.4 Å². The molecule has 0 spiro atoms. The van der Waals surface area contributed by atoms with Crippen molar-refractivity contribution in [3.63, 3.8) is 0 Å². The van der Waals surface area contributed by atoms with E-state index in [1.807, 2.05) is 0 Å². The molecule has 1 atom stereocenters. The molecule has 0 radical (unpaired) electrons. The lowest BCUT2D eigenvalue weighted by molar-refractivity contribution is -0.153. The van der Waals surface area contributed by atoms with Crippen LogP contribution in [-0.4, -0.2) is 29.1 Å². The van der Waals surface area contributed by atoms with Crippen molar-refractivity contribution in [1.29, 1.82) is 0 Å². The van der Waals surface area contributed by atoms with E-state index in [1.54, 1.807) is 6.92 Å². The van der Waals surface area contributed by atoms with Gasteiger partial charge in [0.1, 0.15) is 0 Å². The molecule has 0 amide bonds. The molecule has 0 bridgehead atoms. The largest absolute Gasteiger partial charge is 0.460 e. The van der Waals surface area contributed by atoms with Crippen LogP contribution in [-0.2, 0) is 14.3 Å². The fourth-order valence-electron chi connectivity index (χ4n) is 2.07. The second kappa shape index (κ2) is 6.59. The maximum Gasteiger partial charge on any atom is 0.375 e. The number of ether oxygens (including phenoxy) is 1. The average molecular weight is 327 g/mol. The Morgan fingerprint density at radius 2 is 1.94 bits per heavy atom. The highest BCUT2D eigenvalue weighted by molar-refractivity contribution is 9.10. The Labute approximate surface area is 113 Å². The van der Waals surface area contributed by atoms with Crippen molar-refractivity contribution in [1.82, 2.24) is 0 Å². The van der Waals surface area contributed by atoms with E-state index in [9.17, 15) is 18.4 Å². The number of carbonyl (C=O) groups excluding carboxylic acids is 2. The molecule has 1 fully saturated rings. The van der Waals surface area contributed by atoms with Crippen LogP contribution in [0.1, 0.15) is 39.0 Å². The third-order valence-electron chi connectivity index (χ3n) is 3.14. The van der Waals surface area contributed by atoms with Gasteiger partial charge in [0.05, 0.1) is 11.4 Å². The molecule has 1 saturated carbocycles. The highest BCUT2D eigenvalue weighted by Crippen LogP contribution is 2.38. The van der Waals surface area contributed by atoms with Crippen LogP contribution in [0.25, 0.3) is 0 Å². The summed E-state index contributed by atoms with van der Waals surface area (Å²) in [6, 6.07) is 0. The van der Waals surface area contributed by atoms with Crippen molar-refractivity contribution >= 4 is 27.7 Å². The highest BCUT2D eigenvalue weighted by atomic mass is 79.9. The molecule has 0 aromatic rings. The van der Waals surface area contributed by atoms with E-state index >= 15 is 0 Å². The number of Topliss-reactive ketones (excluding diaryl/α,β-unsaturated/α-hetero) is 1. The summed E-state index contributed by atoms with van der Waals surface area (Å²) >= 11 is 3.14. The molecule has 3 nitrogen and oxygen atoms in total. The van der Waals surface area contributed by atoms with Crippen LogP contribution in [0.5, 0.6) is 0 Å². The molecule has 0 unspecified atom stereocenters. The van der Waals surface area contributed by atoms with Gasteiger partial charge in [0.2, 0.25) is 5.92 Å². The van der Waals surface area contributed by atoms with Crippen molar-refractivity contribution in [3.8, 4) is 0 Å². The molecular weight excluding hydrogens is 310 g/mol. The van der Waals surface area contributed by atoms with E-state index in [2.05, 4.69) is 20.7 Å². The van der Waals surface area contributed by atoms with Gasteiger partial charge in [-0.1, -0.05) is 15.9 Å². The second-order valence-electron chi connectivity index (χ2n) is 4.59. The molecule has 1 aliphatic rings. The fourth-order valence-corrected chi connectivity index (χ4v) is 2.78. The Hall–Kier alpha value is -0.520. The zero-order valence-electron chi connectivity index (χ0n) is 10.3. The van der Waals surface area contributed by atoms with E-state index in [0.717, 1.165) is 0 Å². The van der Waals surface area contributed by atoms with E-state index in [4.69, 9.17) is 0 Å². The summed E-state index contributed by atoms with van der Waals surface area (Å²) in [6.45, 7) is 1.78. The number of ketones is 1. The van der Waals surface area contributed by atoms with Gasteiger partial charge < -0.3 is 4.74 Å². The number of hydrogen-bond acceptors (Lipinski definition) is 3. The Morgan fingerprint density at radius 3 is 2.44 bits per heavy atom. The van der Waals surface area contributed by atoms with Gasteiger partial charge in [0, 0.05) is 12.8 Å². The first-order valence-electron chi connectivity index (χ1n) is 6.08. The molecule has 0 heterocycles. The second-order valence-corrected chi connectivity index (χ2v) is 5.69. The van der Waals surface area contributed by atoms with Crippen LogP contribution in [0, 0.1) is 5.92 Å². The number of rotatable bonds is 5. The van der Waals surface area contributed by atoms with E-state index in [0.29, 0.717) is 19.3 Å². The summed E-state index contributed by atoms with van der Waals surface area (Å²) in [7, 11) is 0. The maximum atomic E-state index is 12.9. The Morgan fingerprint density at radius 1 is 1.39 bits per heavy atom. The number of hydrogen-bond donors (Lipinski definition) is 0. The molecule has 0 saturated heterocycles. The van der Waals surface area contributed by atoms with Crippen molar-refractivity contribution in [2.45, 2.75) is 49.8 Å². The lowest BCUT2D eigenvalue weighted by Crippen LogP contribution is -2.30. The first-order valence-corrected chi connectivity index (χ1v) is 7.00. The monoisotopic (exact) mass is 326 g/mol. The minimum absolute atomic E-state index is 0.0624. The minimum atomic E-state index is -2.57. The molecule has 0 aromatic carbocycles. The summed E-state index contributed by atoms with van der Waals surface area (Å²) in [6.07, 6.45) is 0.931. The third kappa shape index (κ3) is 4.63. The van der Waals surface area contributed by atoms with Gasteiger partial charge in [-0.3, -0.25) is 4.79 Å². The van der Waals surface area contributed by atoms with Crippen LogP contribution in [0.2, 0.25) is 0 Å². The molecule has 0 aliphatic heterocycles. The minimum Gasteiger partial charge on any atom is -0.460 e. The molecule has 104 valence electrons. The molecule has 0 aromatic heterocycles. The van der Waals surface area contributed by atoms with Crippen LogP contribution in [0.3, 0.4) is 0 Å². The van der Waals surface area contributed by atoms with Crippen molar-refractivity contribution in [3.05, 3.63) is 0 Å². The van der Waals surface area contributed by atoms with Gasteiger partial charge in [-0.05, 0) is 32.1 Å². The molecule has 1 aliphatic carbocycles. The normalized spacial score (nSPS) is 21.3. The quantitative estimate of drug-likeness (QED) is 0.443. The molecule has 6 heteroatoms. The van der Waals surface area contributed by atoms with Crippen LogP contribution in [0.15, 0.2) is 0 Å². The first-order chi connectivity index (χ1) is 8.35. The number of esters is 1. The summed E-state index contributed by atoms with van der Waals surface area (Å²) in [4.78, 5) is 22.1. The highest BCUT2D eigenvalue weighted by Gasteiger charge is 2.36. The zero-order chi connectivity index (χ0) is 13.8. The van der Waals surface area contributed by atoms with Gasteiger partial charge in [-0.2, -0.15) is 0 Å². The smallest absolute Gasteiger partial charge is 0.375 e. The third-order valence-corrected chi connectivity index (χ3v) is 3.93. The SMILES string of the molecule is CCOC(=O)C(=O)[C@H](Br)CC1CCC(F)(F)CC1. The van der Waals surface area contributed by atoms with Crippen LogP contribution < -0.4 is 0 Å². The van der Waals surface area contributed by atoms with Crippen molar-refractivity contribution in [2.24, 2.45) is 5.92 Å². The Balaban J connectivity index is 2.39. The number of carbonyl (C=O) groups is 2. The van der Waals surface area contributed by atoms with Crippen molar-refractivity contribution in [2.75, 3.05) is 6.61 Å². The predicted molar refractivity (Wildman–Crippen MR) is 65.9 cm³/mol. The summed E-state index contributed by atoms with van der Waals surface area (Å²) < 4.78 is 30.5. The van der Waals surface area contributed by atoms with Gasteiger partial charge >= 0.3 is 5.97 Å². The van der Waals surface area contributed by atoms with Crippen molar-refractivity contribution < 1.29 is 23.1 Å². The molecular formula is C12H17BrF2O3. The van der Waals surface area contributed by atoms with Gasteiger partial charge in [-0.25, -0.2) is 13.6 Å². The summed E-state index contributed by atoms with van der Waals surface area (Å²) in [5.41, 5.74) is 0. The number of halogens is 3. The number of alkyl halides is 3. The summed E-state index contributed by atoms with van der Waals surface area (Å²) in [5, 5.41) is 0. The molecule has 0 N–H and O–H groups in total. The van der Waals surface area contributed by atoms with E-state index in [1.165, 1.54) is 0 Å². The lowest BCUT2D eigenvalue weighted by atomic mass is 9.83. The van der Waals surface area contributed by atoms with Gasteiger partial charge in [0.25, 0.3) is 5.78 Å². The molecule has 18 heavy (non-hydrogen) atoms. The summed E-state index contributed by atoms with van der Waals surface area (Å²) in [5.74, 6) is -3.99. The Kier molecular flexibility index (Phi) is 5.69. The topological polar surface area (TPSA) is 43.4 Å². The standard InChI is InChI=1S/C12H17BrF2O3/c1-2-18-11(17)10(16)9(13)7-8-3-5-12(14,15)6-4-8/h8-9H,2-7H2,1H3/t9-/m1/s1. The Bertz CT molecular complexity index is 310. The van der Waals surface area contributed by atoms with Gasteiger partial charge in [-0.15, -0.1) is 0 Å². The van der Waals surface area contributed by atoms with Crippen LogP contribution >= 0.6 is 15.9 Å². The van der Waals surface area contributed by atoms with Crippen LogP contribution in [0.4, 0.5) is 8.78 Å².